The topological polar surface area (TPSA) is 39.2 Å². The van der Waals surface area contributed by atoms with Gasteiger partial charge in [0.05, 0.1) is 19.0 Å². The second-order valence-electron chi connectivity index (χ2n) is 3.95. The number of aryl methyl sites for hydroxylation is 1. The van der Waals surface area contributed by atoms with Gasteiger partial charge >= 0.3 is 5.97 Å². The highest BCUT2D eigenvalue weighted by Gasteiger charge is 2.06. The molecule has 0 aliphatic rings. The van der Waals surface area contributed by atoms with Crippen LogP contribution in [0.3, 0.4) is 0 Å². The Labute approximate surface area is 111 Å². The summed E-state index contributed by atoms with van der Waals surface area (Å²) in [6, 6.07) is 10.1. The molecule has 0 radical (unpaired) electrons. The highest BCUT2D eigenvalue weighted by atomic mass is 32.2. The van der Waals surface area contributed by atoms with Crippen molar-refractivity contribution in [2.45, 2.75) is 18.2 Å². The van der Waals surface area contributed by atoms with E-state index in [0.29, 0.717) is 6.42 Å². The number of pyridine rings is 1. The summed E-state index contributed by atoms with van der Waals surface area (Å²) in [5, 5.41) is 1.14. The summed E-state index contributed by atoms with van der Waals surface area (Å²) in [6.07, 6.45) is 0.427. The number of nitrogens with zero attached hydrogens (tertiary/aromatic N) is 1. The number of thioether (sulfide) groups is 1. The number of ether oxygens (including phenoxy) is 1. The molecular formula is C14H15NO2S. The zero-order valence-corrected chi connectivity index (χ0v) is 11.3. The van der Waals surface area contributed by atoms with Crippen molar-refractivity contribution < 1.29 is 9.53 Å². The van der Waals surface area contributed by atoms with E-state index in [-0.39, 0.29) is 5.97 Å². The minimum atomic E-state index is -0.169. The van der Waals surface area contributed by atoms with Crippen LogP contribution < -0.4 is 0 Å². The first-order chi connectivity index (χ1) is 8.70. The third-order valence-corrected chi connectivity index (χ3v) is 3.65. The van der Waals surface area contributed by atoms with Gasteiger partial charge in [-0.25, -0.2) is 0 Å². The number of rotatable bonds is 4. The zero-order chi connectivity index (χ0) is 13.0. The average Bonchev–Trinajstić information content (AvgIpc) is 2.38. The van der Waals surface area contributed by atoms with Crippen LogP contribution in [0.5, 0.6) is 0 Å². The molecule has 1 aromatic heterocycles. The Balaban J connectivity index is 2.19. The SMILES string of the molecule is COC(=O)CCSc1cc(C)nc2ccccc12. The summed E-state index contributed by atoms with van der Waals surface area (Å²) in [7, 11) is 1.42. The number of esters is 1. The smallest absolute Gasteiger partial charge is 0.306 e. The van der Waals surface area contributed by atoms with E-state index in [1.165, 1.54) is 12.0 Å². The Morgan fingerprint density at radius 1 is 1.39 bits per heavy atom. The number of carbonyl (C=O) groups excluding carboxylic acids is 1. The third-order valence-electron chi connectivity index (χ3n) is 2.60. The Hall–Kier alpha value is -1.55. The van der Waals surface area contributed by atoms with Crippen LogP contribution in [0.4, 0.5) is 0 Å². The number of carbonyl (C=O) groups is 1. The molecule has 1 aromatic carbocycles. The third kappa shape index (κ3) is 3.01. The second-order valence-corrected chi connectivity index (χ2v) is 5.09. The monoisotopic (exact) mass is 261 g/mol. The molecule has 3 nitrogen and oxygen atoms in total. The molecule has 0 saturated carbocycles. The van der Waals surface area contributed by atoms with Crippen molar-refractivity contribution in [3.8, 4) is 0 Å². The van der Waals surface area contributed by atoms with Crippen molar-refractivity contribution >= 4 is 28.6 Å². The van der Waals surface area contributed by atoms with E-state index in [1.807, 2.05) is 25.1 Å². The molecule has 0 aliphatic heterocycles. The molecule has 0 unspecified atom stereocenters. The van der Waals surface area contributed by atoms with Crippen molar-refractivity contribution in [3.63, 3.8) is 0 Å². The Kier molecular flexibility index (Phi) is 4.20. The lowest BCUT2D eigenvalue weighted by molar-refractivity contribution is -0.140. The van der Waals surface area contributed by atoms with Gasteiger partial charge in [0.1, 0.15) is 0 Å². The molecule has 0 amide bonds. The molecule has 4 heteroatoms. The number of methoxy groups -OCH3 is 1. The predicted molar refractivity (Wildman–Crippen MR) is 73.8 cm³/mol. The van der Waals surface area contributed by atoms with Crippen molar-refractivity contribution in [2.24, 2.45) is 0 Å². The van der Waals surface area contributed by atoms with Crippen molar-refractivity contribution in [1.82, 2.24) is 4.98 Å². The van der Waals surface area contributed by atoms with Gasteiger partial charge < -0.3 is 4.74 Å². The van der Waals surface area contributed by atoms with Crippen LogP contribution >= 0.6 is 11.8 Å². The highest BCUT2D eigenvalue weighted by molar-refractivity contribution is 7.99. The Morgan fingerprint density at radius 3 is 2.94 bits per heavy atom. The molecular weight excluding hydrogens is 246 g/mol. The quantitative estimate of drug-likeness (QED) is 0.626. The van der Waals surface area contributed by atoms with Gasteiger partial charge in [0.25, 0.3) is 0 Å². The molecule has 2 rings (SSSR count). The van der Waals surface area contributed by atoms with E-state index in [2.05, 4.69) is 21.9 Å². The van der Waals surface area contributed by atoms with Crippen LogP contribution in [0.2, 0.25) is 0 Å². The molecule has 0 spiro atoms. The van der Waals surface area contributed by atoms with Crippen LogP contribution in [0.1, 0.15) is 12.1 Å². The lowest BCUT2D eigenvalue weighted by Gasteiger charge is -2.07. The second kappa shape index (κ2) is 5.87. The number of fused-ring (bicyclic) bond motifs is 1. The van der Waals surface area contributed by atoms with Crippen LogP contribution in [0.15, 0.2) is 35.2 Å². The van der Waals surface area contributed by atoms with E-state index in [9.17, 15) is 4.79 Å². The van der Waals surface area contributed by atoms with Crippen molar-refractivity contribution in [2.75, 3.05) is 12.9 Å². The van der Waals surface area contributed by atoms with E-state index >= 15 is 0 Å². The largest absolute Gasteiger partial charge is 0.469 e. The van der Waals surface area contributed by atoms with E-state index in [4.69, 9.17) is 0 Å². The lowest BCUT2D eigenvalue weighted by Crippen LogP contribution is -2.01. The summed E-state index contributed by atoms with van der Waals surface area (Å²) in [4.78, 5) is 16.7. The van der Waals surface area contributed by atoms with Gasteiger partial charge in [0.15, 0.2) is 0 Å². The molecule has 18 heavy (non-hydrogen) atoms. The first-order valence-corrected chi connectivity index (χ1v) is 6.75. The average molecular weight is 261 g/mol. The van der Waals surface area contributed by atoms with E-state index in [1.54, 1.807) is 11.8 Å². The van der Waals surface area contributed by atoms with E-state index < -0.39 is 0 Å². The van der Waals surface area contributed by atoms with Gasteiger partial charge in [0, 0.05) is 21.7 Å². The predicted octanol–water partition coefficient (Wildman–Crippen LogP) is 3.20. The Morgan fingerprint density at radius 2 is 2.17 bits per heavy atom. The minimum Gasteiger partial charge on any atom is -0.469 e. The molecule has 2 aromatic rings. The van der Waals surface area contributed by atoms with Gasteiger partial charge in [-0.1, -0.05) is 18.2 Å². The molecule has 1 heterocycles. The van der Waals surface area contributed by atoms with E-state index in [0.717, 1.165) is 22.3 Å². The summed E-state index contributed by atoms with van der Waals surface area (Å²) in [5.74, 6) is 0.553. The summed E-state index contributed by atoms with van der Waals surface area (Å²) >= 11 is 1.67. The normalized spacial score (nSPS) is 10.6. The highest BCUT2D eigenvalue weighted by Crippen LogP contribution is 2.28. The fourth-order valence-corrected chi connectivity index (χ4v) is 2.81. The number of hydrogen-bond donors (Lipinski definition) is 0. The van der Waals surface area contributed by atoms with Crippen LogP contribution in [-0.2, 0) is 9.53 Å². The summed E-state index contributed by atoms with van der Waals surface area (Å²) in [5.41, 5.74) is 1.99. The number of para-hydroxylation sites is 1. The molecule has 0 saturated heterocycles. The minimum absolute atomic E-state index is 0.169. The molecule has 0 fully saturated rings. The fraction of sp³-hybridized carbons (Fsp3) is 0.286. The molecule has 0 N–H and O–H groups in total. The first-order valence-electron chi connectivity index (χ1n) is 5.76. The number of benzene rings is 1. The van der Waals surface area contributed by atoms with Gasteiger partial charge in [0.2, 0.25) is 0 Å². The first kappa shape index (κ1) is 12.9. The lowest BCUT2D eigenvalue weighted by atomic mass is 10.2. The molecule has 0 aliphatic carbocycles. The standard InChI is InChI=1S/C14H15NO2S/c1-10-9-13(18-8-7-14(16)17-2)11-5-3-4-6-12(11)15-10/h3-6,9H,7-8H2,1-2H3. The maximum Gasteiger partial charge on any atom is 0.306 e. The van der Waals surface area contributed by atoms with Crippen molar-refractivity contribution in [1.29, 1.82) is 0 Å². The summed E-state index contributed by atoms with van der Waals surface area (Å²) in [6.45, 7) is 1.98. The molecule has 0 bridgehead atoms. The number of aromatic nitrogens is 1. The Bertz CT molecular complexity index is 569. The zero-order valence-electron chi connectivity index (χ0n) is 10.5. The maximum atomic E-state index is 11.1. The number of hydrogen-bond acceptors (Lipinski definition) is 4. The van der Waals surface area contributed by atoms with Crippen LogP contribution in [0, 0.1) is 6.92 Å². The summed E-state index contributed by atoms with van der Waals surface area (Å²) < 4.78 is 4.63. The van der Waals surface area contributed by atoms with Gasteiger partial charge in [-0.05, 0) is 19.1 Å². The van der Waals surface area contributed by atoms with Gasteiger partial charge in [-0.3, -0.25) is 9.78 Å². The van der Waals surface area contributed by atoms with Gasteiger partial charge in [-0.2, -0.15) is 0 Å². The van der Waals surface area contributed by atoms with Crippen LogP contribution in [-0.4, -0.2) is 23.8 Å². The molecule has 0 atom stereocenters. The maximum absolute atomic E-state index is 11.1. The fourth-order valence-electron chi connectivity index (χ4n) is 1.74. The van der Waals surface area contributed by atoms with Gasteiger partial charge in [-0.15, -0.1) is 11.8 Å². The van der Waals surface area contributed by atoms with Crippen molar-refractivity contribution in [3.05, 3.63) is 36.0 Å². The van der Waals surface area contributed by atoms with Crippen LogP contribution in [0.25, 0.3) is 10.9 Å². The molecule has 94 valence electrons.